The predicted molar refractivity (Wildman–Crippen MR) is 72.3 cm³/mol. The van der Waals surface area contributed by atoms with Gasteiger partial charge in [-0.15, -0.1) is 0 Å². The number of ether oxygens (including phenoxy) is 1. The number of aliphatic imine (C=N–C) groups is 1. The lowest BCUT2D eigenvalue weighted by molar-refractivity contribution is -0.00209. The van der Waals surface area contributed by atoms with Crippen molar-refractivity contribution in [3.05, 3.63) is 0 Å². The molecular weight excluding hydrogens is 220 g/mol. The van der Waals surface area contributed by atoms with Gasteiger partial charge in [0.05, 0.1) is 12.1 Å². The summed E-state index contributed by atoms with van der Waals surface area (Å²) in [5.74, 6) is 1.18. The van der Waals surface area contributed by atoms with Gasteiger partial charge in [-0.3, -0.25) is 4.99 Å². The van der Waals surface area contributed by atoms with Gasteiger partial charge in [0.2, 0.25) is 0 Å². The largest absolute Gasteiger partial charge is 0.374 e. The van der Waals surface area contributed by atoms with Gasteiger partial charge in [0.15, 0.2) is 5.17 Å². The maximum absolute atomic E-state index is 5.63. The zero-order valence-electron chi connectivity index (χ0n) is 10.9. The molecule has 1 saturated heterocycles. The average molecular weight is 244 g/mol. The van der Waals surface area contributed by atoms with Crippen LogP contribution in [0.25, 0.3) is 0 Å². The number of rotatable bonds is 5. The summed E-state index contributed by atoms with van der Waals surface area (Å²) < 4.78 is 5.63. The molecule has 1 aliphatic rings. The number of nitrogens with zero attached hydrogens (tertiary/aromatic N) is 1. The van der Waals surface area contributed by atoms with Crippen LogP contribution in [0, 0.1) is 0 Å². The Bertz CT molecular complexity index is 241. The summed E-state index contributed by atoms with van der Waals surface area (Å²) in [6.45, 7) is 9.89. The summed E-state index contributed by atoms with van der Waals surface area (Å²) in [4.78, 5) is 4.62. The lowest BCUT2D eigenvalue weighted by atomic mass is 10.1. The zero-order valence-corrected chi connectivity index (χ0v) is 11.7. The van der Waals surface area contributed by atoms with Crippen LogP contribution in [0.5, 0.6) is 0 Å². The molecule has 0 radical (unpaired) electrons. The molecule has 3 nitrogen and oxygen atoms in total. The second-order valence-corrected chi connectivity index (χ2v) is 5.78. The topological polar surface area (TPSA) is 33.6 Å². The van der Waals surface area contributed by atoms with Crippen molar-refractivity contribution >= 4 is 16.9 Å². The Balaban J connectivity index is 2.44. The van der Waals surface area contributed by atoms with Crippen LogP contribution in [0.3, 0.4) is 0 Å². The first kappa shape index (κ1) is 13.8. The summed E-state index contributed by atoms with van der Waals surface area (Å²) in [5, 5.41) is 4.56. The summed E-state index contributed by atoms with van der Waals surface area (Å²) in [7, 11) is 0. The molecule has 94 valence electrons. The molecule has 16 heavy (non-hydrogen) atoms. The Morgan fingerprint density at radius 1 is 1.50 bits per heavy atom. The van der Waals surface area contributed by atoms with E-state index in [1.165, 1.54) is 18.6 Å². The summed E-state index contributed by atoms with van der Waals surface area (Å²) in [6.07, 6.45) is 2.42. The molecule has 0 saturated carbocycles. The van der Waals surface area contributed by atoms with Crippen LogP contribution in [0.2, 0.25) is 0 Å². The molecule has 1 atom stereocenters. The molecule has 1 heterocycles. The Hall–Kier alpha value is -0.220. The zero-order chi connectivity index (χ0) is 12.0. The second kappa shape index (κ2) is 6.50. The van der Waals surface area contributed by atoms with Crippen molar-refractivity contribution in [3.63, 3.8) is 0 Å². The molecule has 1 unspecified atom stereocenters. The fraction of sp³-hybridized carbons (Fsp3) is 0.917. The standard InChI is InChI=1S/C12H24N2OS/c1-5-10-7-8-16-11(14-10)13-9-12(3,4)15-6-2/h10H,5-9H2,1-4H3,(H,13,14). The molecular formula is C12H24N2OS. The van der Waals surface area contributed by atoms with Crippen molar-refractivity contribution in [2.75, 3.05) is 18.9 Å². The summed E-state index contributed by atoms with van der Waals surface area (Å²) in [6, 6.07) is 0.607. The summed E-state index contributed by atoms with van der Waals surface area (Å²) in [5.41, 5.74) is -0.150. The Morgan fingerprint density at radius 2 is 2.25 bits per heavy atom. The van der Waals surface area contributed by atoms with Gasteiger partial charge in [-0.2, -0.15) is 0 Å². The van der Waals surface area contributed by atoms with Gasteiger partial charge in [-0.1, -0.05) is 18.7 Å². The highest BCUT2D eigenvalue weighted by Crippen LogP contribution is 2.17. The van der Waals surface area contributed by atoms with Crippen LogP contribution in [-0.2, 0) is 4.74 Å². The van der Waals surface area contributed by atoms with Gasteiger partial charge >= 0.3 is 0 Å². The first-order valence-electron chi connectivity index (χ1n) is 6.15. The van der Waals surface area contributed by atoms with Crippen LogP contribution in [0.4, 0.5) is 0 Å². The van der Waals surface area contributed by atoms with E-state index in [4.69, 9.17) is 4.74 Å². The third-order valence-electron chi connectivity index (χ3n) is 2.66. The van der Waals surface area contributed by atoms with Crippen LogP contribution in [0.1, 0.15) is 40.5 Å². The van der Waals surface area contributed by atoms with Crippen LogP contribution in [0.15, 0.2) is 4.99 Å². The third-order valence-corrected chi connectivity index (χ3v) is 3.62. The number of amidine groups is 1. The van der Waals surface area contributed by atoms with E-state index < -0.39 is 0 Å². The van der Waals surface area contributed by atoms with Crippen LogP contribution in [-0.4, -0.2) is 35.7 Å². The minimum Gasteiger partial charge on any atom is -0.374 e. The van der Waals surface area contributed by atoms with Gasteiger partial charge in [0.25, 0.3) is 0 Å². The molecule has 0 bridgehead atoms. The van der Waals surface area contributed by atoms with Gasteiger partial charge in [0, 0.05) is 18.4 Å². The number of thioether (sulfide) groups is 1. The van der Waals surface area contributed by atoms with Gasteiger partial charge in [-0.25, -0.2) is 0 Å². The fourth-order valence-corrected chi connectivity index (χ4v) is 2.68. The van der Waals surface area contributed by atoms with Gasteiger partial charge in [-0.05, 0) is 33.6 Å². The van der Waals surface area contributed by atoms with Crippen molar-refractivity contribution in [3.8, 4) is 0 Å². The Labute approximate surface area is 103 Å². The highest BCUT2D eigenvalue weighted by Gasteiger charge is 2.19. The van der Waals surface area contributed by atoms with Gasteiger partial charge < -0.3 is 10.1 Å². The van der Waals surface area contributed by atoms with Crippen molar-refractivity contribution in [1.82, 2.24) is 5.32 Å². The maximum Gasteiger partial charge on any atom is 0.156 e. The lowest BCUT2D eigenvalue weighted by Gasteiger charge is -2.26. The minimum absolute atomic E-state index is 0.150. The van der Waals surface area contributed by atoms with E-state index in [2.05, 4.69) is 31.1 Å². The predicted octanol–water partition coefficient (Wildman–Crippen LogP) is 2.66. The third kappa shape index (κ3) is 4.74. The maximum atomic E-state index is 5.63. The smallest absolute Gasteiger partial charge is 0.156 e. The highest BCUT2D eigenvalue weighted by atomic mass is 32.2. The quantitative estimate of drug-likeness (QED) is 0.807. The van der Waals surface area contributed by atoms with E-state index in [0.717, 1.165) is 18.3 Å². The van der Waals surface area contributed by atoms with E-state index >= 15 is 0 Å². The van der Waals surface area contributed by atoms with Crippen molar-refractivity contribution in [2.24, 2.45) is 4.99 Å². The van der Waals surface area contributed by atoms with Crippen molar-refractivity contribution in [1.29, 1.82) is 0 Å². The molecule has 1 N–H and O–H groups in total. The second-order valence-electron chi connectivity index (χ2n) is 4.70. The fourth-order valence-electron chi connectivity index (χ4n) is 1.68. The number of hydrogen-bond donors (Lipinski definition) is 1. The average Bonchev–Trinajstić information content (AvgIpc) is 2.27. The SMILES string of the molecule is CCOC(C)(C)CN=C1NC(CC)CCS1. The number of nitrogens with one attached hydrogen (secondary N) is 1. The van der Waals surface area contributed by atoms with Crippen LogP contribution >= 0.6 is 11.8 Å². The van der Waals surface area contributed by atoms with E-state index in [0.29, 0.717) is 6.04 Å². The van der Waals surface area contributed by atoms with E-state index in [1.54, 1.807) is 0 Å². The van der Waals surface area contributed by atoms with E-state index in [1.807, 2.05) is 18.7 Å². The molecule has 0 amide bonds. The molecule has 1 aliphatic heterocycles. The van der Waals surface area contributed by atoms with Crippen LogP contribution < -0.4 is 5.32 Å². The van der Waals surface area contributed by atoms with Crippen molar-refractivity contribution in [2.45, 2.75) is 52.2 Å². The normalized spacial score (nSPS) is 24.5. The molecule has 0 aliphatic carbocycles. The Kier molecular flexibility index (Phi) is 5.62. The van der Waals surface area contributed by atoms with Crippen molar-refractivity contribution < 1.29 is 4.74 Å². The molecule has 4 heteroatoms. The Morgan fingerprint density at radius 3 is 2.88 bits per heavy atom. The highest BCUT2D eigenvalue weighted by molar-refractivity contribution is 8.13. The lowest BCUT2D eigenvalue weighted by Crippen LogP contribution is -2.38. The molecule has 1 rings (SSSR count). The van der Waals surface area contributed by atoms with Gasteiger partial charge in [0.1, 0.15) is 0 Å². The summed E-state index contributed by atoms with van der Waals surface area (Å²) >= 11 is 1.82. The minimum atomic E-state index is -0.150. The molecule has 0 aromatic rings. The molecule has 0 spiro atoms. The molecule has 0 aromatic heterocycles. The van der Waals surface area contributed by atoms with E-state index in [-0.39, 0.29) is 5.60 Å². The van der Waals surface area contributed by atoms with E-state index in [9.17, 15) is 0 Å². The number of hydrogen-bond acceptors (Lipinski definition) is 3. The molecule has 0 aromatic carbocycles. The first-order valence-corrected chi connectivity index (χ1v) is 7.13. The monoisotopic (exact) mass is 244 g/mol. The first-order chi connectivity index (χ1) is 7.57. The molecule has 1 fully saturated rings.